The Balaban J connectivity index is 1.68. The van der Waals surface area contributed by atoms with Crippen LogP contribution in [0.25, 0.3) is 22.2 Å². The third kappa shape index (κ3) is 6.94. The molecule has 0 atom stereocenters. The molecule has 0 fully saturated rings. The van der Waals surface area contributed by atoms with Crippen molar-refractivity contribution in [2.45, 2.75) is 71.6 Å². The van der Waals surface area contributed by atoms with Gasteiger partial charge in [-0.2, -0.15) is 0 Å². The van der Waals surface area contributed by atoms with E-state index in [0.29, 0.717) is 27.8 Å². The first-order valence-electron chi connectivity index (χ1n) is 12.2. The molecule has 1 aromatic heterocycles. The summed E-state index contributed by atoms with van der Waals surface area (Å²) in [4.78, 5) is 18.1. The first-order valence-corrected chi connectivity index (χ1v) is 12.9. The molecule has 0 unspecified atom stereocenters. The van der Waals surface area contributed by atoms with E-state index in [1.807, 2.05) is 37.3 Å². The highest BCUT2D eigenvalue weighted by molar-refractivity contribution is 6.36. The lowest BCUT2D eigenvalue weighted by atomic mass is 9.97. The molecule has 0 bridgehead atoms. The predicted octanol–water partition coefficient (Wildman–Crippen LogP) is 8.78. The average Bonchev–Trinajstić information content (AvgIpc) is 2.80. The summed E-state index contributed by atoms with van der Waals surface area (Å²) < 4.78 is 0. The second-order valence-electron chi connectivity index (χ2n) is 8.69. The second kappa shape index (κ2) is 13.0. The van der Waals surface area contributed by atoms with Gasteiger partial charge in [0.25, 0.3) is 5.91 Å². The lowest BCUT2D eigenvalue weighted by Gasteiger charge is -2.15. The number of amides is 1. The zero-order chi connectivity index (χ0) is 23.6. The van der Waals surface area contributed by atoms with E-state index in [2.05, 4.69) is 12.2 Å². The van der Waals surface area contributed by atoms with E-state index in [1.54, 1.807) is 12.1 Å². The molecule has 33 heavy (non-hydrogen) atoms. The van der Waals surface area contributed by atoms with Crippen LogP contribution in [0.4, 0.5) is 0 Å². The van der Waals surface area contributed by atoms with Crippen LogP contribution in [0, 0.1) is 6.92 Å². The summed E-state index contributed by atoms with van der Waals surface area (Å²) in [7, 11) is 0. The van der Waals surface area contributed by atoms with E-state index < -0.39 is 0 Å². The normalized spacial score (nSPS) is 11.2. The molecule has 0 spiro atoms. The van der Waals surface area contributed by atoms with Crippen LogP contribution >= 0.6 is 23.2 Å². The number of nitrogens with one attached hydrogen (secondary N) is 1. The third-order valence-corrected chi connectivity index (χ3v) is 6.66. The largest absolute Gasteiger partial charge is 0.352 e. The van der Waals surface area contributed by atoms with Gasteiger partial charge in [0.2, 0.25) is 0 Å². The fourth-order valence-electron chi connectivity index (χ4n) is 4.27. The number of unbranched alkanes of at least 4 members (excludes halogenated alkanes) is 8. The number of pyridine rings is 1. The van der Waals surface area contributed by atoms with Crippen molar-refractivity contribution in [2.24, 2.45) is 0 Å². The number of rotatable bonds is 12. The van der Waals surface area contributed by atoms with Crippen LogP contribution in [0.3, 0.4) is 0 Å². The average molecular weight is 485 g/mol. The van der Waals surface area contributed by atoms with Gasteiger partial charge >= 0.3 is 0 Å². The number of para-hydroxylation sites is 1. The molecule has 3 nitrogen and oxygen atoms in total. The van der Waals surface area contributed by atoms with Crippen molar-refractivity contribution in [1.29, 1.82) is 0 Å². The van der Waals surface area contributed by atoms with Gasteiger partial charge in [0.1, 0.15) is 0 Å². The lowest BCUT2D eigenvalue weighted by molar-refractivity contribution is 0.0954. The van der Waals surface area contributed by atoms with Gasteiger partial charge in [-0.3, -0.25) is 4.79 Å². The van der Waals surface area contributed by atoms with E-state index in [0.717, 1.165) is 34.9 Å². The summed E-state index contributed by atoms with van der Waals surface area (Å²) in [6.07, 6.45) is 11.3. The van der Waals surface area contributed by atoms with Crippen LogP contribution < -0.4 is 5.32 Å². The van der Waals surface area contributed by atoms with Crippen molar-refractivity contribution in [3.05, 3.63) is 63.6 Å². The van der Waals surface area contributed by atoms with Gasteiger partial charge < -0.3 is 5.32 Å². The highest BCUT2D eigenvalue weighted by atomic mass is 35.5. The zero-order valence-corrected chi connectivity index (χ0v) is 21.2. The number of carbonyl (C=O) groups excluding carboxylic acids is 1. The number of aromatic nitrogens is 1. The molecule has 0 aliphatic rings. The Labute approximate surface area is 207 Å². The molecule has 1 N–H and O–H groups in total. The molecule has 0 saturated heterocycles. The van der Waals surface area contributed by atoms with E-state index in [1.165, 1.54) is 44.9 Å². The Bertz CT molecular complexity index is 1080. The summed E-state index contributed by atoms with van der Waals surface area (Å²) in [6, 6.07) is 13.1. The summed E-state index contributed by atoms with van der Waals surface area (Å²) in [5, 5.41) is 5.08. The number of halogens is 2. The Morgan fingerprint density at radius 2 is 1.58 bits per heavy atom. The van der Waals surface area contributed by atoms with Crippen LogP contribution in [-0.4, -0.2) is 17.4 Å². The Morgan fingerprint density at radius 1 is 0.909 bits per heavy atom. The fraction of sp³-hybridized carbons (Fsp3) is 0.429. The Kier molecular flexibility index (Phi) is 10.0. The summed E-state index contributed by atoms with van der Waals surface area (Å²) in [6.45, 7) is 4.87. The topological polar surface area (TPSA) is 42.0 Å². The maximum atomic E-state index is 13.2. The molecular formula is C28H34Cl2N2O. The molecule has 0 radical (unpaired) electrons. The molecule has 3 rings (SSSR count). The molecule has 1 heterocycles. The van der Waals surface area contributed by atoms with Gasteiger partial charge in [-0.25, -0.2) is 4.98 Å². The molecule has 0 aliphatic heterocycles. The van der Waals surface area contributed by atoms with Crippen molar-refractivity contribution in [3.8, 4) is 11.3 Å². The van der Waals surface area contributed by atoms with Gasteiger partial charge in [0.15, 0.2) is 0 Å². The zero-order valence-electron chi connectivity index (χ0n) is 19.7. The molecule has 1 amide bonds. The van der Waals surface area contributed by atoms with E-state index >= 15 is 0 Å². The lowest BCUT2D eigenvalue weighted by Crippen LogP contribution is -2.26. The van der Waals surface area contributed by atoms with E-state index in [-0.39, 0.29) is 5.91 Å². The molecule has 176 valence electrons. The third-order valence-electron chi connectivity index (χ3n) is 6.12. The number of hydrogen-bond acceptors (Lipinski definition) is 2. The van der Waals surface area contributed by atoms with Crippen molar-refractivity contribution < 1.29 is 4.79 Å². The SMILES string of the molecule is CCCCCCCCCCCNC(=O)c1c(C)c(-c2ccc(Cl)cc2Cl)nc2ccccc12. The van der Waals surface area contributed by atoms with E-state index in [9.17, 15) is 4.79 Å². The molecule has 0 saturated carbocycles. The van der Waals surface area contributed by atoms with Gasteiger partial charge in [-0.05, 0) is 43.2 Å². The highest BCUT2D eigenvalue weighted by Gasteiger charge is 2.20. The maximum Gasteiger partial charge on any atom is 0.252 e. The molecule has 2 aromatic carbocycles. The van der Waals surface area contributed by atoms with Gasteiger partial charge in [0, 0.05) is 22.5 Å². The van der Waals surface area contributed by atoms with Gasteiger partial charge in [-0.1, -0.05) is 99.7 Å². The predicted molar refractivity (Wildman–Crippen MR) is 141 cm³/mol. The van der Waals surface area contributed by atoms with Crippen molar-refractivity contribution in [2.75, 3.05) is 6.54 Å². The number of fused-ring (bicyclic) bond motifs is 1. The van der Waals surface area contributed by atoms with Crippen LogP contribution in [0.1, 0.15) is 80.6 Å². The van der Waals surface area contributed by atoms with Crippen LogP contribution in [-0.2, 0) is 0 Å². The van der Waals surface area contributed by atoms with Gasteiger partial charge in [0.05, 0.1) is 21.8 Å². The number of benzene rings is 2. The monoisotopic (exact) mass is 484 g/mol. The van der Waals surface area contributed by atoms with Crippen LogP contribution in [0.2, 0.25) is 10.0 Å². The molecule has 0 aliphatic carbocycles. The van der Waals surface area contributed by atoms with Gasteiger partial charge in [-0.15, -0.1) is 0 Å². The first-order chi connectivity index (χ1) is 16.0. The minimum Gasteiger partial charge on any atom is -0.352 e. The fourth-order valence-corrected chi connectivity index (χ4v) is 4.77. The van der Waals surface area contributed by atoms with Crippen molar-refractivity contribution >= 4 is 40.0 Å². The standard InChI is InChI=1S/C28H34Cl2N2O/c1-3-4-5-6-7-8-9-10-13-18-31-28(33)26-20(2)27(22-17-16-21(29)19-24(22)30)32-25-15-12-11-14-23(25)26/h11-12,14-17,19H,3-10,13,18H2,1-2H3,(H,31,33). The second-order valence-corrected chi connectivity index (χ2v) is 9.53. The Morgan fingerprint density at radius 3 is 2.27 bits per heavy atom. The van der Waals surface area contributed by atoms with Crippen molar-refractivity contribution in [3.63, 3.8) is 0 Å². The minimum atomic E-state index is -0.0583. The summed E-state index contributed by atoms with van der Waals surface area (Å²) in [5.41, 5.74) is 3.75. The quantitative estimate of drug-likeness (QED) is 0.261. The molecule has 3 aromatic rings. The minimum absolute atomic E-state index is 0.0583. The van der Waals surface area contributed by atoms with Crippen LogP contribution in [0.5, 0.6) is 0 Å². The highest BCUT2D eigenvalue weighted by Crippen LogP contribution is 2.34. The first kappa shape index (κ1) is 25.5. The Hall–Kier alpha value is -2.10. The van der Waals surface area contributed by atoms with Crippen molar-refractivity contribution in [1.82, 2.24) is 10.3 Å². The summed E-state index contributed by atoms with van der Waals surface area (Å²) >= 11 is 12.6. The number of nitrogens with zero attached hydrogens (tertiary/aromatic N) is 1. The summed E-state index contributed by atoms with van der Waals surface area (Å²) in [5.74, 6) is -0.0583. The number of carbonyl (C=O) groups is 1. The molecule has 5 heteroatoms. The smallest absolute Gasteiger partial charge is 0.252 e. The maximum absolute atomic E-state index is 13.2. The number of hydrogen-bond donors (Lipinski definition) is 1. The van der Waals surface area contributed by atoms with Crippen LogP contribution in [0.15, 0.2) is 42.5 Å². The molecular weight excluding hydrogens is 451 g/mol. The van der Waals surface area contributed by atoms with E-state index in [4.69, 9.17) is 28.2 Å².